The zero-order chi connectivity index (χ0) is 31.5. The smallest absolute Gasteiger partial charge is 0.443 e. The summed E-state index contributed by atoms with van der Waals surface area (Å²) in [5.74, 6) is -6.51. The highest BCUT2D eigenvalue weighted by molar-refractivity contribution is 7.91. The Kier molecular flexibility index (Phi) is 8.41. The highest BCUT2D eigenvalue weighted by atomic mass is 32.2. The fourth-order valence-corrected chi connectivity index (χ4v) is 7.52. The van der Waals surface area contributed by atoms with Crippen LogP contribution in [0, 0.1) is 17.8 Å². The molecule has 0 aromatic carbocycles. The lowest BCUT2D eigenvalue weighted by atomic mass is 9.69. The normalized spacial score (nSPS) is 29.9. The van der Waals surface area contributed by atoms with Gasteiger partial charge in [0.15, 0.2) is 0 Å². The molecule has 5 atom stereocenters. The summed E-state index contributed by atoms with van der Waals surface area (Å²) in [4.78, 5) is 25.6. The minimum absolute atomic E-state index is 0.0148. The second-order valence-electron chi connectivity index (χ2n) is 13.0. The molecule has 1 amide bonds. The van der Waals surface area contributed by atoms with E-state index in [0.717, 1.165) is 4.31 Å². The molecule has 5 unspecified atom stereocenters. The number of nitrogens with zero attached hydrogens (tertiary/aromatic N) is 4. The van der Waals surface area contributed by atoms with Crippen molar-refractivity contribution in [1.82, 2.24) is 19.4 Å². The summed E-state index contributed by atoms with van der Waals surface area (Å²) >= 11 is 0. The van der Waals surface area contributed by atoms with E-state index < -0.39 is 70.2 Å². The van der Waals surface area contributed by atoms with E-state index in [2.05, 4.69) is 5.10 Å². The Morgan fingerprint density at radius 3 is 2.36 bits per heavy atom. The first kappa shape index (κ1) is 32.4. The van der Waals surface area contributed by atoms with E-state index in [4.69, 9.17) is 4.74 Å². The Balaban J connectivity index is 1.50. The molecular formula is C26H38F5N5O5S. The Morgan fingerprint density at radius 1 is 1.17 bits per heavy atom. The number of ketones is 1. The highest BCUT2D eigenvalue weighted by Crippen LogP contribution is 2.54. The quantitative estimate of drug-likeness (QED) is 0.404. The van der Waals surface area contributed by atoms with Crippen LogP contribution in [-0.4, -0.2) is 77.3 Å². The number of alkyl halides is 5. The molecule has 1 aromatic heterocycles. The summed E-state index contributed by atoms with van der Waals surface area (Å²) in [6.07, 6.45) is -2.32. The van der Waals surface area contributed by atoms with Crippen LogP contribution in [0.15, 0.2) is 12.4 Å². The first-order valence-corrected chi connectivity index (χ1v) is 15.3. The molecule has 238 valence electrons. The standard InChI is InChI=1S/C26H38F5N5O5S/c1-23(2,3)41-22(38)33-42(39,40)36(19-12-32-34(5)13-19)18-11-25(27,28)15-35(14-18)24(4)10-17(24)8-6-16-7-9-20(16)21(37)26(29,30)31/h12-13,16-18,20H,6-11,14-15H2,1-5H3,(H,33,38). The fourth-order valence-electron chi connectivity index (χ4n) is 6.27. The maximum Gasteiger partial charge on any atom is 0.450 e. The summed E-state index contributed by atoms with van der Waals surface area (Å²) in [6.45, 7) is 5.73. The molecule has 16 heteroatoms. The summed E-state index contributed by atoms with van der Waals surface area (Å²) in [6, 6.07) is -1.28. The summed E-state index contributed by atoms with van der Waals surface area (Å²) < 4.78 is 105. The second kappa shape index (κ2) is 10.9. The topological polar surface area (TPSA) is 114 Å². The third-order valence-electron chi connectivity index (χ3n) is 8.56. The van der Waals surface area contributed by atoms with Crippen LogP contribution in [0.25, 0.3) is 0 Å². The van der Waals surface area contributed by atoms with Crippen LogP contribution in [0.3, 0.4) is 0 Å². The molecule has 0 spiro atoms. The number of carbonyl (C=O) groups is 2. The monoisotopic (exact) mass is 627 g/mol. The Morgan fingerprint density at radius 2 is 1.83 bits per heavy atom. The van der Waals surface area contributed by atoms with Crippen molar-refractivity contribution in [3.63, 3.8) is 0 Å². The number of nitrogens with one attached hydrogen (secondary N) is 1. The predicted molar refractivity (Wildman–Crippen MR) is 142 cm³/mol. The number of amides is 1. The zero-order valence-corrected chi connectivity index (χ0v) is 25.1. The first-order valence-electron chi connectivity index (χ1n) is 13.9. The van der Waals surface area contributed by atoms with Gasteiger partial charge in [0.1, 0.15) is 5.60 Å². The molecule has 0 radical (unpaired) electrons. The van der Waals surface area contributed by atoms with Crippen molar-refractivity contribution in [3.05, 3.63) is 12.4 Å². The first-order chi connectivity index (χ1) is 19.1. The number of aryl methyl sites for hydroxylation is 1. The van der Waals surface area contributed by atoms with E-state index >= 15 is 8.78 Å². The van der Waals surface area contributed by atoms with E-state index in [0.29, 0.717) is 25.7 Å². The average molecular weight is 628 g/mol. The van der Waals surface area contributed by atoms with Gasteiger partial charge in [-0.1, -0.05) is 0 Å². The fraction of sp³-hybridized carbons (Fsp3) is 0.808. The van der Waals surface area contributed by atoms with Gasteiger partial charge in [-0.15, -0.1) is 0 Å². The summed E-state index contributed by atoms with van der Waals surface area (Å²) in [5, 5.41) is 3.97. The number of likely N-dealkylation sites (tertiary alicyclic amines) is 1. The van der Waals surface area contributed by atoms with Crippen molar-refractivity contribution in [2.75, 3.05) is 17.4 Å². The van der Waals surface area contributed by atoms with Gasteiger partial charge in [0, 0.05) is 37.7 Å². The van der Waals surface area contributed by atoms with E-state index in [1.54, 1.807) is 27.7 Å². The van der Waals surface area contributed by atoms with Crippen LogP contribution in [0.1, 0.15) is 66.2 Å². The molecular weight excluding hydrogens is 589 g/mol. The van der Waals surface area contributed by atoms with E-state index in [1.165, 1.54) is 29.0 Å². The number of piperidine rings is 1. The molecule has 4 rings (SSSR count). The van der Waals surface area contributed by atoms with Gasteiger partial charge < -0.3 is 4.74 Å². The second-order valence-corrected chi connectivity index (χ2v) is 14.6. The molecule has 0 bridgehead atoms. The molecule has 2 saturated carbocycles. The lowest BCUT2D eigenvalue weighted by Crippen LogP contribution is -2.61. The summed E-state index contributed by atoms with van der Waals surface area (Å²) in [7, 11) is -3.19. The summed E-state index contributed by atoms with van der Waals surface area (Å²) in [5.41, 5.74) is -1.75. The lowest BCUT2D eigenvalue weighted by Gasteiger charge is -2.45. The number of hydrogen-bond acceptors (Lipinski definition) is 7. The van der Waals surface area contributed by atoms with Crippen molar-refractivity contribution in [3.8, 4) is 0 Å². The van der Waals surface area contributed by atoms with Crippen LogP contribution < -0.4 is 9.03 Å². The van der Waals surface area contributed by atoms with E-state index in [9.17, 15) is 31.2 Å². The lowest BCUT2D eigenvalue weighted by molar-refractivity contribution is -0.181. The molecule has 3 fully saturated rings. The predicted octanol–water partition coefficient (Wildman–Crippen LogP) is 4.42. The molecule has 10 nitrogen and oxygen atoms in total. The number of Topliss-reactive ketones (excluding diaryl/α,β-unsaturated/α-hetero) is 1. The zero-order valence-electron chi connectivity index (χ0n) is 24.2. The van der Waals surface area contributed by atoms with Gasteiger partial charge in [-0.3, -0.25) is 14.4 Å². The van der Waals surface area contributed by atoms with Crippen molar-refractivity contribution in [1.29, 1.82) is 0 Å². The molecule has 1 N–H and O–H groups in total. The van der Waals surface area contributed by atoms with Crippen LogP contribution >= 0.6 is 0 Å². The molecule has 1 aromatic rings. The van der Waals surface area contributed by atoms with Gasteiger partial charge >= 0.3 is 22.5 Å². The molecule has 2 aliphatic carbocycles. The average Bonchev–Trinajstić information content (AvgIpc) is 3.25. The van der Waals surface area contributed by atoms with Gasteiger partial charge in [0.25, 0.3) is 5.92 Å². The van der Waals surface area contributed by atoms with Crippen LogP contribution in [0.5, 0.6) is 0 Å². The number of aromatic nitrogens is 2. The Labute approximate surface area is 242 Å². The number of halogens is 5. The third-order valence-corrected chi connectivity index (χ3v) is 10.0. The Bertz CT molecular complexity index is 1300. The van der Waals surface area contributed by atoms with Gasteiger partial charge in [0.2, 0.25) is 5.78 Å². The largest absolute Gasteiger partial charge is 0.450 e. The number of carbonyl (C=O) groups excluding carboxylic acids is 2. The Hall–Kier alpha value is -2.49. The maximum absolute atomic E-state index is 15.2. The van der Waals surface area contributed by atoms with Crippen molar-refractivity contribution in [2.24, 2.45) is 24.8 Å². The maximum atomic E-state index is 15.2. The minimum atomic E-state index is -4.87. The number of anilines is 1. The van der Waals surface area contributed by atoms with E-state index in [1.807, 2.05) is 4.72 Å². The van der Waals surface area contributed by atoms with Crippen molar-refractivity contribution in [2.45, 2.75) is 95.5 Å². The van der Waals surface area contributed by atoms with Gasteiger partial charge in [-0.2, -0.15) is 26.7 Å². The van der Waals surface area contributed by atoms with Crippen molar-refractivity contribution < 1.29 is 44.7 Å². The minimum Gasteiger partial charge on any atom is -0.443 e. The van der Waals surface area contributed by atoms with Gasteiger partial charge in [0.05, 0.1) is 24.5 Å². The van der Waals surface area contributed by atoms with Crippen molar-refractivity contribution >= 4 is 27.8 Å². The third kappa shape index (κ3) is 7.17. The van der Waals surface area contributed by atoms with Crippen LogP contribution in [-0.2, 0) is 26.8 Å². The molecule has 1 aliphatic heterocycles. The molecule has 3 aliphatic rings. The molecule has 42 heavy (non-hydrogen) atoms. The van der Waals surface area contributed by atoms with E-state index in [-0.39, 0.29) is 30.5 Å². The van der Waals surface area contributed by atoms with Gasteiger partial charge in [-0.05, 0) is 71.6 Å². The number of rotatable bonds is 9. The van der Waals surface area contributed by atoms with Crippen LogP contribution in [0.2, 0.25) is 0 Å². The highest BCUT2D eigenvalue weighted by Gasteiger charge is 2.59. The molecule has 1 saturated heterocycles. The number of hydrogen-bond donors (Lipinski definition) is 1. The SMILES string of the molecule is Cn1cc(N(C2CN(C3(C)CC3CCC3CCC3C(=O)C(F)(F)F)CC(F)(F)C2)S(=O)(=O)NC(=O)OC(C)(C)C)cn1. The van der Waals surface area contributed by atoms with Crippen LogP contribution in [0.4, 0.5) is 32.4 Å². The molecule has 2 heterocycles. The van der Waals surface area contributed by atoms with Gasteiger partial charge in [-0.25, -0.2) is 22.6 Å². The number of ether oxygens (including phenoxy) is 1.